The molecule has 1 fully saturated rings. The second-order valence-electron chi connectivity index (χ2n) is 4.87. The third-order valence-corrected chi connectivity index (χ3v) is 7.24. The van der Waals surface area contributed by atoms with Crippen LogP contribution in [0.15, 0.2) is 16.3 Å². The van der Waals surface area contributed by atoms with Crippen LogP contribution in [0.3, 0.4) is 0 Å². The minimum Gasteiger partial charge on any atom is -0.396 e. The molecule has 1 unspecified atom stereocenters. The molecule has 1 aliphatic rings. The standard InChI is InChI=1S/C12H18N2O3S3/c13-12(18)10-3-4-11(19-10)20(16,17)14-6-1-2-9(8-14)5-7-15/h3-4,9,15H,1-2,5-8H2,(H2,13,18). The van der Waals surface area contributed by atoms with Crippen molar-refractivity contribution in [3.05, 3.63) is 17.0 Å². The average Bonchev–Trinajstić information content (AvgIpc) is 2.90. The minimum atomic E-state index is -3.47. The number of aliphatic hydroxyl groups excluding tert-OH is 1. The molecule has 0 spiro atoms. The SMILES string of the molecule is NC(=S)c1ccc(S(=O)(=O)N2CCCC(CCO)C2)s1. The molecule has 20 heavy (non-hydrogen) atoms. The summed E-state index contributed by atoms with van der Waals surface area (Å²) in [5, 5.41) is 8.99. The van der Waals surface area contributed by atoms with Gasteiger partial charge in [0.05, 0.1) is 4.88 Å². The molecule has 1 aliphatic heterocycles. The van der Waals surface area contributed by atoms with Crippen molar-refractivity contribution < 1.29 is 13.5 Å². The maximum atomic E-state index is 12.6. The highest BCUT2D eigenvalue weighted by Crippen LogP contribution is 2.29. The van der Waals surface area contributed by atoms with Gasteiger partial charge in [0.25, 0.3) is 10.0 Å². The van der Waals surface area contributed by atoms with Crippen molar-refractivity contribution in [1.29, 1.82) is 0 Å². The van der Waals surface area contributed by atoms with E-state index in [0.29, 0.717) is 24.4 Å². The Morgan fingerprint density at radius 1 is 1.55 bits per heavy atom. The molecular formula is C12H18N2O3S3. The van der Waals surface area contributed by atoms with Gasteiger partial charge < -0.3 is 10.8 Å². The lowest BCUT2D eigenvalue weighted by Gasteiger charge is -2.31. The molecule has 3 N–H and O–H groups in total. The van der Waals surface area contributed by atoms with Crippen LogP contribution in [-0.2, 0) is 10.0 Å². The number of thiocarbonyl (C=S) groups is 1. The van der Waals surface area contributed by atoms with Gasteiger partial charge in [-0.25, -0.2) is 8.42 Å². The number of nitrogens with zero attached hydrogens (tertiary/aromatic N) is 1. The third kappa shape index (κ3) is 3.37. The summed E-state index contributed by atoms with van der Waals surface area (Å²) in [6, 6.07) is 3.21. The molecule has 1 aromatic rings. The highest BCUT2D eigenvalue weighted by molar-refractivity contribution is 7.91. The molecule has 1 aromatic heterocycles. The van der Waals surface area contributed by atoms with E-state index in [1.165, 1.54) is 4.31 Å². The Kier molecular flexibility index (Phi) is 5.14. The summed E-state index contributed by atoms with van der Waals surface area (Å²) in [7, 11) is -3.47. The van der Waals surface area contributed by atoms with E-state index in [0.717, 1.165) is 24.2 Å². The lowest BCUT2D eigenvalue weighted by molar-refractivity contribution is 0.203. The first-order valence-electron chi connectivity index (χ1n) is 6.46. The number of thiophene rings is 1. The molecule has 0 amide bonds. The molecule has 0 saturated carbocycles. The Bertz CT molecular complexity index is 581. The summed E-state index contributed by atoms with van der Waals surface area (Å²) in [5.74, 6) is 0.235. The van der Waals surface area contributed by atoms with E-state index in [2.05, 4.69) is 0 Å². The number of hydrogen-bond donors (Lipinski definition) is 2. The maximum absolute atomic E-state index is 12.6. The van der Waals surface area contributed by atoms with Crippen molar-refractivity contribution in [2.45, 2.75) is 23.5 Å². The summed E-state index contributed by atoms with van der Waals surface area (Å²) in [6.07, 6.45) is 2.45. The zero-order valence-electron chi connectivity index (χ0n) is 11.0. The van der Waals surface area contributed by atoms with Gasteiger partial charge >= 0.3 is 0 Å². The topological polar surface area (TPSA) is 83.6 Å². The zero-order chi connectivity index (χ0) is 14.8. The second kappa shape index (κ2) is 6.48. The van der Waals surface area contributed by atoms with Gasteiger partial charge in [0.2, 0.25) is 0 Å². The zero-order valence-corrected chi connectivity index (χ0v) is 13.4. The van der Waals surface area contributed by atoms with Gasteiger partial charge in [0.15, 0.2) is 0 Å². The Morgan fingerprint density at radius 2 is 2.30 bits per heavy atom. The smallest absolute Gasteiger partial charge is 0.252 e. The Hall–Kier alpha value is -0.540. The van der Waals surface area contributed by atoms with Crippen LogP contribution in [0.1, 0.15) is 24.1 Å². The van der Waals surface area contributed by atoms with Crippen molar-refractivity contribution in [2.75, 3.05) is 19.7 Å². The fourth-order valence-electron chi connectivity index (χ4n) is 2.38. The number of sulfonamides is 1. The molecule has 0 aromatic carbocycles. The second-order valence-corrected chi connectivity index (χ2v) is 8.55. The fraction of sp³-hybridized carbons (Fsp3) is 0.583. The number of piperidine rings is 1. The first-order chi connectivity index (χ1) is 9.45. The third-order valence-electron chi connectivity index (χ3n) is 3.44. The Balaban J connectivity index is 2.18. The normalized spacial score (nSPS) is 20.9. The monoisotopic (exact) mass is 334 g/mol. The molecule has 2 heterocycles. The van der Waals surface area contributed by atoms with Gasteiger partial charge in [-0.05, 0) is 37.3 Å². The molecular weight excluding hydrogens is 316 g/mol. The van der Waals surface area contributed by atoms with Crippen molar-refractivity contribution >= 4 is 38.6 Å². The van der Waals surface area contributed by atoms with Crippen LogP contribution in [0.4, 0.5) is 0 Å². The molecule has 5 nitrogen and oxygen atoms in total. The number of nitrogens with two attached hydrogens (primary N) is 1. The first-order valence-corrected chi connectivity index (χ1v) is 9.12. The van der Waals surface area contributed by atoms with Crippen molar-refractivity contribution in [2.24, 2.45) is 11.7 Å². The highest BCUT2D eigenvalue weighted by atomic mass is 32.2. The molecule has 2 rings (SSSR count). The van der Waals surface area contributed by atoms with Crippen molar-refractivity contribution in [3.8, 4) is 0 Å². The van der Waals surface area contributed by atoms with Gasteiger partial charge in [0.1, 0.15) is 9.20 Å². The van der Waals surface area contributed by atoms with Gasteiger partial charge in [-0.2, -0.15) is 4.31 Å². The van der Waals surface area contributed by atoms with E-state index >= 15 is 0 Å². The predicted octanol–water partition coefficient (Wildman–Crippen LogP) is 1.17. The van der Waals surface area contributed by atoms with Crippen LogP contribution in [0, 0.1) is 5.92 Å². The van der Waals surface area contributed by atoms with Gasteiger partial charge in [-0.15, -0.1) is 11.3 Å². The lowest BCUT2D eigenvalue weighted by atomic mass is 9.97. The molecule has 0 bridgehead atoms. The quantitative estimate of drug-likeness (QED) is 0.790. The summed E-state index contributed by atoms with van der Waals surface area (Å²) >= 11 is 5.97. The van der Waals surface area contributed by atoms with Crippen LogP contribution in [0.25, 0.3) is 0 Å². The molecule has 0 aliphatic carbocycles. The van der Waals surface area contributed by atoms with Gasteiger partial charge in [-0.1, -0.05) is 12.2 Å². The number of aliphatic hydroxyl groups is 1. The molecule has 1 saturated heterocycles. The summed E-state index contributed by atoms with van der Waals surface area (Å²) in [4.78, 5) is 0.829. The van der Waals surface area contributed by atoms with E-state index in [4.69, 9.17) is 23.1 Å². The molecule has 8 heteroatoms. The predicted molar refractivity (Wildman–Crippen MR) is 83.4 cm³/mol. The molecule has 0 radical (unpaired) electrons. The summed E-state index contributed by atoms with van der Waals surface area (Å²) < 4.78 is 26.9. The average molecular weight is 334 g/mol. The maximum Gasteiger partial charge on any atom is 0.252 e. The van der Waals surface area contributed by atoms with E-state index in [1.54, 1.807) is 12.1 Å². The molecule has 112 valence electrons. The number of hydrogen-bond acceptors (Lipinski definition) is 5. The largest absolute Gasteiger partial charge is 0.396 e. The van der Waals surface area contributed by atoms with E-state index in [9.17, 15) is 8.42 Å². The van der Waals surface area contributed by atoms with E-state index in [-0.39, 0.29) is 21.7 Å². The van der Waals surface area contributed by atoms with Crippen LogP contribution in [0.2, 0.25) is 0 Å². The van der Waals surface area contributed by atoms with Crippen LogP contribution < -0.4 is 5.73 Å². The van der Waals surface area contributed by atoms with Crippen LogP contribution in [-0.4, -0.2) is 42.5 Å². The van der Waals surface area contributed by atoms with Crippen LogP contribution in [0.5, 0.6) is 0 Å². The first kappa shape index (κ1) is 15.8. The Labute approximate surface area is 128 Å². The molecule has 1 atom stereocenters. The van der Waals surface area contributed by atoms with Gasteiger partial charge in [-0.3, -0.25) is 0 Å². The van der Waals surface area contributed by atoms with Crippen LogP contribution >= 0.6 is 23.6 Å². The van der Waals surface area contributed by atoms with E-state index < -0.39 is 10.0 Å². The Morgan fingerprint density at radius 3 is 2.90 bits per heavy atom. The fourth-order valence-corrected chi connectivity index (χ4v) is 5.44. The van der Waals surface area contributed by atoms with Gasteiger partial charge in [0, 0.05) is 19.7 Å². The summed E-state index contributed by atoms with van der Waals surface area (Å²) in [6.45, 7) is 1.11. The number of rotatable bonds is 5. The summed E-state index contributed by atoms with van der Waals surface area (Å²) in [5.41, 5.74) is 5.52. The lowest BCUT2D eigenvalue weighted by Crippen LogP contribution is -2.39. The van der Waals surface area contributed by atoms with E-state index in [1.807, 2.05) is 0 Å². The highest BCUT2D eigenvalue weighted by Gasteiger charge is 2.31. The van der Waals surface area contributed by atoms with Crippen molar-refractivity contribution in [3.63, 3.8) is 0 Å². The minimum absolute atomic E-state index is 0.100. The van der Waals surface area contributed by atoms with Crippen molar-refractivity contribution in [1.82, 2.24) is 4.31 Å².